The van der Waals surface area contributed by atoms with E-state index in [9.17, 15) is 14.4 Å². The van der Waals surface area contributed by atoms with Gasteiger partial charge in [-0.25, -0.2) is 34.7 Å². The van der Waals surface area contributed by atoms with E-state index in [4.69, 9.17) is 31.2 Å². The van der Waals surface area contributed by atoms with Crippen LogP contribution >= 0.6 is 0 Å². The number of nitrogens with zero attached hydrogens (tertiary/aromatic N) is 6. The third-order valence-corrected chi connectivity index (χ3v) is 7.81. The molecule has 284 valence electrons. The molecule has 0 spiro atoms. The van der Waals surface area contributed by atoms with Crippen molar-refractivity contribution in [3.05, 3.63) is 60.7 Å². The lowest BCUT2D eigenvalue weighted by molar-refractivity contribution is 0.0526. The molecule has 0 saturated carbocycles. The SMILES string of the molecule is C.CC(C)C1NC(=O)c2coc(n2)-c2coc(n2)-c2coc(n2)C(CCCCNC(=O)OC(C)(C)C)NC(=O)c2coc(n2)-c2coc(n2)-c2coc1n2. The van der Waals surface area contributed by atoms with E-state index >= 15 is 0 Å². The topological polar surface area (TPSA) is 253 Å². The second kappa shape index (κ2) is 15.2. The molecule has 3 N–H and O–H groups in total. The van der Waals surface area contributed by atoms with Crippen LogP contribution in [0.4, 0.5) is 4.79 Å². The molecule has 1 aliphatic heterocycles. The summed E-state index contributed by atoms with van der Waals surface area (Å²) in [6.07, 6.45) is 8.64. The second-order valence-electron chi connectivity index (χ2n) is 13.4. The van der Waals surface area contributed by atoms with Gasteiger partial charge in [0.15, 0.2) is 34.2 Å². The molecule has 54 heavy (non-hydrogen) atoms. The molecule has 0 aromatic carbocycles. The molecule has 19 nitrogen and oxygen atoms in total. The Morgan fingerprint density at radius 1 is 0.685 bits per heavy atom. The first-order valence-corrected chi connectivity index (χ1v) is 16.7. The molecule has 2 unspecified atom stereocenters. The number of unbranched alkanes of at least 4 members (excludes halogenated alkanes) is 1. The summed E-state index contributed by atoms with van der Waals surface area (Å²) in [7, 11) is 0. The number of rotatable bonds is 6. The third-order valence-electron chi connectivity index (χ3n) is 7.81. The monoisotopic (exact) mass is 745 g/mol. The molecule has 6 aromatic heterocycles. The van der Waals surface area contributed by atoms with Crippen LogP contribution < -0.4 is 16.0 Å². The predicted molar refractivity (Wildman–Crippen MR) is 185 cm³/mol. The van der Waals surface area contributed by atoms with Gasteiger partial charge in [-0.3, -0.25) is 9.59 Å². The zero-order valence-electron chi connectivity index (χ0n) is 29.3. The van der Waals surface area contributed by atoms with Crippen LogP contribution in [-0.4, -0.2) is 60.0 Å². The summed E-state index contributed by atoms with van der Waals surface area (Å²) in [5, 5.41) is 8.50. The van der Waals surface area contributed by atoms with Gasteiger partial charge in [-0.15, -0.1) is 0 Å². The molecule has 6 aromatic rings. The van der Waals surface area contributed by atoms with Crippen LogP contribution in [0.3, 0.4) is 0 Å². The Labute approximate surface area is 307 Å². The van der Waals surface area contributed by atoms with Gasteiger partial charge in [-0.05, 0) is 46.0 Å². The minimum atomic E-state index is -0.736. The van der Waals surface area contributed by atoms with E-state index in [1.54, 1.807) is 20.8 Å². The molecule has 3 amide bonds. The smallest absolute Gasteiger partial charge is 0.407 e. The van der Waals surface area contributed by atoms with Crippen LogP contribution in [0.5, 0.6) is 0 Å². The Bertz CT molecular complexity index is 2230. The Morgan fingerprint density at radius 3 is 1.67 bits per heavy atom. The van der Waals surface area contributed by atoms with E-state index < -0.39 is 35.6 Å². The van der Waals surface area contributed by atoms with Crippen molar-refractivity contribution in [2.24, 2.45) is 5.92 Å². The van der Waals surface area contributed by atoms with Crippen molar-refractivity contribution < 1.29 is 45.6 Å². The maximum absolute atomic E-state index is 13.5. The number of hydrogen-bond acceptors (Lipinski definition) is 16. The van der Waals surface area contributed by atoms with Gasteiger partial charge in [0.05, 0.1) is 0 Å². The molecular formula is C35H39N9O10. The summed E-state index contributed by atoms with van der Waals surface area (Å²) < 4.78 is 39.2. The summed E-state index contributed by atoms with van der Waals surface area (Å²) in [5.74, 6) is -0.665. The van der Waals surface area contributed by atoms with Crippen molar-refractivity contribution in [1.29, 1.82) is 0 Å². The standard InChI is InChI=1S/C34H35N9O10.CH4/c1-16(2)24-32-42-23(15-52-32)31-41-20(14-51-31)28-37-18(10-47-28)25(44)36-17(8-6-7-9-35-33(46)53-34(3,4)5)27-39-22(12-49-27)30-40-21(13-50-30)29-38-19(11-48-29)26(45)43-24;/h10-17,24H,6-9H2,1-5H3,(H,35,46)(H,36,44)(H,43,45);1H4. The molecule has 0 fully saturated rings. The molecule has 7 heterocycles. The largest absolute Gasteiger partial charge is 0.446 e. The summed E-state index contributed by atoms with van der Waals surface area (Å²) >= 11 is 0. The average molecular weight is 746 g/mol. The highest BCUT2D eigenvalue weighted by Gasteiger charge is 2.29. The average Bonchev–Trinajstić information content (AvgIpc) is 3.95. The van der Waals surface area contributed by atoms with Gasteiger partial charge in [0.25, 0.3) is 11.8 Å². The van der Waals surface area contributed by atoms with E-state index in [2.05, 4.69) is 45.9 Å². The fourth-order valence-electron chi connectivity index (χ4n) is 5.24. The van der Waals surface area contributed by atoms with Gasteiger partial charge < -0.3 is 47.2 Å². The number of fused-ring (bicyclic) bond motifs is 16. The van der Waals surface area contributed by atoms with E-state index in [0.717, 1.165) is 0 Å². The first-order valence-electron chi connectivity index (χ1n) is 16.7. The lowest BCUT2D eigenvalue weighted by atomic mass is 10.0. The normalized spacial score (nSPS) is 15.9. The number of carbonyl (C=O) groups is 3. The van der Waals surface area contributed by atoms with Gasteiger partial charge in [0.1, 0.15) is 55.3 Å². The zero-order chi connectivity index (χ0) is 37.3. The summed E-state index contributed by atoms with van der Waals surface area (Å²) in [6, 6.07) is -1.39. The lowest BCUT2D eigenvalue weighted by Gasteiger charge is -2.19. The fourth-order valence-corrected chi connectivity index (χ4v) is 5.24. The number of carbonyl (C=O) groups excluding carboxylic acids is 3. The molecule has 0 radical (unpaired) electrons. The molecule has 7 rings (SSSR count). The van der Waals surface area contributed by atoms with Gasteiger partial charge in [-0.2, -0.15) is 0 Å². The van der Waals surface area contributed by atoms with Crippen molar-refractivity contribution in [3.8, 4) is 46.3 Å². The van der Waals surface area contributed by atoms with Crippen LogP contribution in [0.15, 0.2) is 64.1 Å². The summed E-state index contributed by atoms with van der Waals surface area (Å²) in [4.78, 5) is 65.3. The molecular weight excluding hydrogens is 706 g/mol. The molecule has 19 heteroatoms. The Kier molecular flexibility index (Phi) is 10.5. The lowest BCUT2D eigenvalue weighted by Crippen LogP contribution is -2.33. The number of hydrogen-bond donors (Lipinski definition) is 3. The number of alkyl carbamates (subject to hydrolysis) is 1. The van der Waals surface area contributed by atoms with Crippen LogP contribution in [0.25, 0.3) is 46.3 Å². The highest BCUT2D eigenvalue weighted by molar-refractivity contribution is 5.93. The first-order chi connectivity index (χ1) is 25.4. The maximum Gasteiger partial charge on any atom is 0.407 e. The first kappa shape index (κ1) is 37.2. The highest BCUT2D eigenvalue weighted by Crippen LogP contribution is 2.30. The Morgan fingerprint density at radius 2 is 1.13 bits per heavy atom. The summed E-state index contributed by atoms with van der Waals surface area (Å²) in [6.45, 7) is 9.46. The minimum Gasteiger partial charge on any atom is -0.446 e. The van der Waals surface area contributed by atoms with Gasteiger partial charge in [-0.1, -0.05) is 21.3 Å². The molecule has 0 aliphatic carbocycles. The van der Waals surface area contributed by atoms with Crippen molar-refractivity contribution in [2.75, 3.05) is 6.54 Å². The fraction of sp³-hybridized carbons (Fsp3) is 0.400. The number of amides is 3. The van der Waals surface area contributed by atoms with Gasteiger partial charge in [0.2, 0.25) is 35.3 Å². The third kappa shape index (κ3) is 8.24. The maximum atomic E-state index is 13.5. The molecule has 1 aliphatic rings. The van der Waals surface area contributed by atoms with E-state index in [1.165, 1.54) is 37.6 Å². The molecule has 0 saturated heterocycles. The second-order valence-corrected chi connectivity index (χ2v) is 13.4. The zero-order valence-corrected chi connectivity index (χ0v) is 29.3. The number of aromatic nitrogens is 6. The van der Waals surface area contributed by atoms with Crippen molar-refractivity contribution in [3.63, 3.8) is 0 Å². The Hall–Kier alpha value is -6.53. The van der Waals surface area contributed by atoms with E-state index in [1.807, 2.05) is 13.8 Å². The number of oxazole rings is 6. The molecule has 12 bridgehead atoms. The summed E-state index contributed by atoms with van der Waals surface area (Å²) in [5.41, 5.74) is 0.210. The van der Waals surface area contributed by atoms with Crippen molar-refractivity contribution in [1.82, 2.24) is 45.9 Å². The van der Waals surface area contributed by atoms with Crippen molar-refractivity contribution >= 4 is 17.9 Å². The van der Waals surface area contributed by atoms with Crippen molar-refractivity contribution in [2.45, 2.75) is 79.0 Å². The van der Waals surface area contributed by atoms with Crippen LogP contribution in [0, 0.1) is 5.92 Å². The quantitative estimate of drug-likeness (QED) is 0.153. The van der Waals surface area contributed by atoms with E-state index in [-0.39, 0.29) is 82.9 Å². The highest BCUT2D eigenvalue weighted by atomic mass is 16.6. The Balaban J connectivity index is 0.00000497. The van der Waals surface area contributed by atoms with Crippen LogP contribution in [0.1, 0.15) is 106 Å². The van der Waals surface area contributed by atoms with Crippen LogP contribution in [-0.2, 0) is 4.74 Å². The molecule has 2 atom stereocenters. The number of ether oxygens (including phenoxy) is 1. The van der Waals surface area contributed by atoms with Crippen LogP contribution in [0.2, 0.25) is 0 Å². The number of nitrogens with one attached hydrogen (secondary N) is 3. The minimum absolute atomic E-state index is 0. The van der Waals surface area contributed by atoms with Gasteiger partial charge >= 0.3 is 6.09 Å². The predicted octanol–water partition coefficient (Wildman–Crippen LogP) is 6.53. The van der Waals surface area contributed by atoms with Gasteiger partial charge in [0, 0.05) is 6.54 Å². The van der Waals surface area contributed by atoms with E-state index in [0.29, 0.717) is 25.8 Å².